The fraction of sp³-hybridized carbons (Fsp3) is 0.983. The van der Waals surface area contributed by atoms with E-state index in [-0.39, 0.29) is 74.8 Å². The van der Waals surface area contributed by atoms with Gasteiger partial charge in [-0.1, -0.05) is 12.8 Å². The third-order valence-corrected chi connectivity index (χ3v) is 23.0. The fourth-order valence-electron chi connectivity index (χ4n) is 12.1. The van der Waals surface area contributed by atoms with Crippen molar-refractivity contribution in [2.45, 2.75) is 221 Å². The van der Waals surface area contributed by atoms with Crippen LogP contribution in [0.25, 0.3) is 0 Å². The van der Waals surface area contributed by atoms with E-state index in [9.17, 15) is 102 Å². The van der Waals surface area contributed by atoms with Crippen LogP contribution in [0.15, 0.2) is 0 Å². The molecule has 34 nitrogen and oxygen atoms in total. The Morgan fingerprint density at radius 2 is 0.845 bits per heavy atom. The van der Waals surface area contributed by atoms with Gasteiger partial charge in [-0.2, -0.15) is 11.8 Å². The van der Waals surface area contributed by atoms with Crippen molar-refractivity contribution in [3.8, 4) is 0 Å². The zero-order valence-corrected chi connectivity index (χ0v) is 57.7. The van der Waals surface area contributed by atoms with Crippen LogP contribution in [-0.4, -0.2) is 404 Å². The second-order valence-corrected chi connectivity index (χ2v) is 30.3. The summed E-state index contributed by atoms with van der Waals surface area (Å²) in [5.41, 5.74) is -4.18. The zero-order chi connectivity index (χ0) is 70.5. The van der Waals surface area contributed by atoms with Crippen molar-refractivity contribution in [2.75, 3.05) is 121 Å². The molecule has 8 rings (SSSR count). The summed E-state index contributed by atoms with van der Waals surface area (Å²) < 4.78 is 70.8. The molecule has 0 aromatic carbocycles. The first-order valence-electron chi connectivity index (χ1n) is 32.8. The molecule has 8 heterocycles. The third-order valence-electron chi connectivity index (χ3n) is 17.9. The SMILES string of the molecule is OCC1O[C@H](SCCCOCC(CNC(=S)NCCSCC2O[C@@H]3OCCCCCC2[C@@H](O)C3O)(COCCCS[C@@H]2OC(CO)[C@@H](O[C@@H]3OC(CO)[C@H](O)C(O)[C@@H]3O)C(O)[C@@H]2O)COCCCS[C@@H]2OC(CO)[C@@H](O[C@@H]3OC(CO)[C@H](O)C(O)[C@@H]3O)C(O)[C@@H]2O)[C@H](O)C(O)[C@@H]1O. The number of fused-ring (bicyclic) bond motifs is 7. The van der Waals surface area contributed by atoms with E-state index in [2.05, 4.69) is 10.6 Å². The van der Waals surface area contributed by atoms with E-state index in [1.54, 1.807) is 11.8 Å². The van der Waals surface area contributed by atoms with Gasteiger partial charge in [0.2, 0.25) is 0 Å². The molecule has 39 heteroatoms. The van der Waals surface area contributed by atoms with Gasteiger partial charge in [-0.05, 0) is 61.6 Å². The van der Waals surface area contributed by atoms with E-state index in [4.69, 9.17) is 69.1 Å². The van der Waals surface area contributed by atoms with Gasteiger partial charge in [-0.3, -0.25) is 0 Å². The van der Waals surface area contributed by atoms with E-state index in [0.717, 1.165) is 54.5 Å². The lowest BCUT2D eigenvalue weighted by atomic mass is 9.85. The lowest BCUT2D eigenvalue weighted by Gasteiger charge is -2.46. The molecule has 0 aromatic rings. The minimum Gasteiger partial charge on any atom is -0.394 e. The molecule has 0 amide bonds. The van der Waals surface area contributed by atoms with Crippen LogP contribution in [0.3, 0.4) is 0 Å². The smallest absolute Gasteiger partial charge is 0.187 e. The molecule has 568 valence electrons. The fourth-order valence-corrected chi connectivity index (χ4v) is 16.5. The van der Waals surface area contributed by atoms with Crippen LogP contribution >= 0.6 is 59.3 Å². The molecule has 97 heavy (non-hydrogen) atoms. The Morgan fingerprint density at radius 1 is 0.423 bits per heavy atom. The predicted octanol–water partition coefficient (Wildman–Crippen LogP) is -8.71. The van der Waals surface area contributed by atoms with Crippen LogP contribution in [-0.2, 0) is 56.8 Å². The Balaban J connectivity index is 0.974. The maximum absolute atomic E-state index is 11.2. The highest BCUT2D eigenvalue weighted by Crippen LogP contribution is 2.38. The van der Waals surface area contributed by atoms with Gasteiger partial charge in [0.15, 0.2) is 24.0 Å². The standard InChI is InChI=1S/C58H104N2O32S5/c61-17-28-35(67)38(70)44(76)52(85-28)91-49-31(20-64)89-55(47(79)41(49)73)96-14-5-10-82-25-58(24-81-9-4-13-95-54-46(78)40(72)37(69)30(19-63)88-54,23-60-57(93)59-8-16-94-22-33-27-7-2-1-3-12-84-51(87-33)43(75)34(27)66)26-83-11-6-15-97-56-48(80)42(74)50(32(21-65)90-56)92-53-45(77)39(71)36(68)29(18-62)86-53/h27-56,61-80H,1-26H2,(H2,59,60,93)/t27?,28?,29?,30?,31?,32?,33?,34-,35+,36+,37-,38?,39?,40?,41?,42?,43?,44+,45+,46-,47+,48+,49-,50-,51+,52+,53+,54-,55+,56+,58?/m1/s1. The zero-order valence-electron chi connectivity index (χ0n) is 53.6. The van der Waals surface area contributed by atoms with E-state index < -0.39 is 208 Å². The van der Waals surface area contributed by atoms with Crippen LogP contribution in [0.4, 0.5) is 0 Å². The van der Waals surface area contributed by atoms with Crippen molar-refractivity contribution in [3.05, 3.63) is 0 Å². The van der Waals surface area contributed by atoms with Gasteiger partial charge in [0.25, 0.3) is 0 Å². The Labute approximate surface area is 584 Å². The van der Waals surface area contributed by atoms with Gasteiger partial charge in [0, 0.05) is 56.9 Å². The highest BCUT2D eigenvalue weighted by Gasteiger charge is 2.53. The van der Waals surface area contributed by atoms with E-state index >= 15 is 0 Å². The summed E-state index contributed by atoms with van der Waals surface area (Å²) in [4.78, 5) is 0. The average Bonchev–Trinajstić information content (AvgIpc) is 0.815. The monoisotopic (exact) mass is 1500 g/mol. The molecule has 8 aliphatic heterocycles. The van der Waals surface area contributed by atoms with Gasteiger partial charge >= 0.3 is 0 Å². The molecule has 8 aliphatic rings. The maximum Gasteiger partial charge on any atom is 0.187 e. The van der Waals surface area contributed by atoms with Gasteiger partial charge in [0.05, 0.1) is 70.5 Å². The highest BCUT2D eigenvalue weighted by atomic mass is 32.2. The van der Waals surface area contributed by atoms with Crippen LogP contribution in [0.2, 0.25) is 0 Å². The summed E-state index contributed by atoms with van der Waals surface area (Å²) in [6.45, 7) is -2.19. The minimum absolute atomic E-state index is 0.00426. The van der Waals surface area contributed by atoms with Gasteiger partial charge < -0.3 is 170 Å². The van der Waals surface area contributed by atoms with Crippen molar-refractivity contribution in [3.63, 3.8) is 0 Å². The second-order valence-electron chi connectivity index (χ2n) is 25.1. The number of thioether (sulfide) groups is 4. The minimum atomic E-state index is -1.83. The van der Waals surface area contributed by atoms with Crippen molar-refractivity contribution in [1.29, 1.82) is 0 Å². The molecule has 2 bridgehead atoms. The number of ether oxygens (including phenoxy) is 12. The number of aliphatic hydroxyl groups excluding tert-OH is 20. The van der Waals surface area contributed by atoms with Crippen LogP contribution in [0.1, 0.15) is 44.9 Å². The summed E-state index contributed by atoms with van der Waals surface area (Å²) in [5, 5.41) is 216. The Hall–Kier alpha value is -0.190. The number of thiocarbonyl (C=S) groups is 1. The van der Waals surface area contributed by atoms with Crippen molar-refractivity contribution >= 4 is 64.4 Å². The predicted molar refractivity (Wildman–Crippen MR) is 347 cm³/mol. The van der Waals surface area contributed by atoms with Gasteiger partial charge in [-0.25, -0.2) is 0 Å². The van der Waals surface area contributed by atoms with Crippen molar-refractivity contribution in [2.24, 2.45) is 11.3 Å². The van der Waals surface area contributed by atoms with Gasteiger partial charge in [0.1, 0.15) is 144 Å². The second kappa shape index (κ2) is 42.2. The first-order chi connectivity index (χ1) is 46.5. The van der Waals surface area contributed by atoms with Gasteiger partial charge in [-0.15, -0.1) is 35.3 Å². The topological polar surface area (TPSA) is 539 Å². The number of nitrogens with one attached hydrogen (secondary N) is 2. The number of hydrogen-bond acceptors (Lipinski definition) is 37. The highest BCUT2D eigenvalue weighted by molar-refractivity contribution is 8.00. The lowest BCUT2D eigenvalue weighted by molar-refractivity contribution is -0.338. The van der Waals surface area contributed by atoms with E-state index in [1.165, 1.54) is 0 Å². The third kappa shape index (κ3) is 23.2. The summed E-state index contributed by atoms with van der Waals surface area (Å²) in [6, 6.07) is 0. The quantitative estimate of drug-likeness (QED) is 0.0203. The Kier molecular flexibility index (Phi) is 36.6. The van der Waals surface area contributed by atoms with Crippen LogP contribution in [0.5, 0.6) is 0 Å². The number of hydrogen-bond donors (Lipinski definition) is 22. The molecule has 0 aromatic heterocycles. The van der Waals surface area contributed by atoms with Crippen LogP contribution < -0.4 is 10.6 Å². The lowest BCUT2D eigenvalue weighted by Crippen LogP contribution is -2.64. The summed E-state index contributed by atoms with van der Waals surface area (Å²) in [6.07, 6.45) is -33.4. The normalized spacial score (nSPS) is 42.1. The summed E-state index contributed by atoms with van der Waals surface area (Å²) >= 11 is 10.7. The molecule has 0 spiro atoms. The largest absolute Gasteiger partial charge is 0.394 e. The first kappa shape index (κ1) is 84.1. The molecule has 22 N–H and O–H groups in total. The van der Waals surface area contributed by atoms with Crippen molar-refractivity contribution < 1.29 is 159 Å². The number of aliphatic hydroxyl groups is 20. The van der Waals surface area contributed by atoms with Crippen LogP contribution in [0, 0.1) is 11.3 Å². The molecule has 0 saturated carbocycles. The molecule has 30 atom stereocenters. The number of rotatable bonds is 37. The maximum atomic E-state index is 11.2. The Morgan fingerprint density at radius 3 is 1.30 bits per heavy atom. The molecule has 13 unspecified atom stereocenters. The van der Waals surface area contributed by atoms with E-state index in [0.29, 0.717) is 56.1 Å². The average molecular weight is 1500 g/mol. The van der Waals surface area contributed by atoms with Crippen molar-refractivity contribution in [1.82, 2.24) is 10.6 Å². The Bertz CT molecular complexity index is 2120. The molecular weight excluding hydrogens is 1400 g/mol. The molecule has 0 aliphatic carbocycles. The summed E-state index contributed by atoms with van der Waals surface area (Å²) in [7, 11) is 0. The molecule has 8 fully saturated rings. The first-order valence-corrected chi connectivity index (χ1v) is 37.5. The molecular formula is C58H104N2O32S5. The molecule has 8 saturated heterocycles. The van der Waals surface area contributed by atoms with E-state index in [1.807, 2.05) is 0 Å². The summed E-state index contributed by atoms with van der Waals surface area (Å²) in [5.74, 6) is 1.75. The molecule has 0 radical (unpaired) electrons.